The Labute approximate surface area is 96.6 Å². The molecular formula is C11H12BrN3. The molecule has 1 fully saturated rings. The second kappa shape index (κ2) is 3.59. The zero-order chi connectivity index (χ0) is 10.3. The number of fused-ring (bicyclic) bond motifs is 1. The average Bonchev–Trinajstić information content (AvgIpc) is 2.83. The number of hydrogen-bond donors (Lipinski definition) is 0. The predicted octanol–water partition coefficient (Wildman–Crippen LogP) is 3.31. The molecule has 15 heavy (non-hydrogen) atoms. The molecule has 0 atom stereocenters. The summed E-state index contributed by atoms with van der Waals surface area (Å²) in [5.41, 5.74) is 2.14. The van der Waals surface area contributed by atoms with Crippen molar-refractivity contribution in [1.82, 2.24) is 15.0 Å². The Morgan fingerprint density at radius 3 is 2.87 bits per heavy atom. The first-order valence-electron chi connectivity index (χ1n) is 5.35. The van der Waals surface area contributed by atoms with Crippen LogP contribution in [0.4, 0.5) is 0 Å². The number of rotatable bonds is 1. The van der Waals surface area contributed by atoms with Gasteiger partial charge in [0.1, 0.15) is 5.52 Å². The maximum absolute atomic E-state index is 4.26. The van der Waals surface area contributed by atoms with Gasteiger partial charge in [-0.15, -0.1) is 5.10 Å². The summed E-state index contributed by atoms with van der Waals surface area (Å²) in [5.74, 6) is 0. The number of halogens is 1. The third kappa shape index (κ3) is 1.57. The minimum Gasteiger partial charge on any atom is -0.242 e. The summed E-state index contributed by atoms with van der Waals surface area (Å²) in [6, 6.07) is 6.69. The van der Waals surface area contributed by atoms with Crippen molar-refractivity contribution in [3.63, 3.8) is 0 Å². The average molecular weight is 266 g/mol. The van der Waals surface area contributed by atoms with Crippen molar-refractivity contribution in [3.05, 3.63) is 22.7 Å². The van der Waals surface area contributed by atoms with Gasteiger partial charge in [-0.3, -0.25) is 0 Å². The van der Waals surface area contributed by atoms with E-state index in [1.54, 1.807) is 0 Å². The lowest BCUT2D eigenvalue weighted by atomic mass is 10.2. The summed E-state index contributed by atoms with van der Waals surface area (Å²) in [5, 5.41) is 8.46. The highest BCUT2D eigenvalue weighted by atomic mass is 79.9. The second-order valence-electron chi connectivity index (χ2n) is 4.11. The maximum Gasteiger partial charge on any atom is 0.113 e. The van der Waals surface area contributed by atoms with Crippen LogP contribution in [-0.2, 0) is 0 Å². The third-order valence-electron chi connectivity index (χ3n) is 3.10. The zero-order valence-corrected chi connectivity index (χ0v) is 9.94. The van der Waals surface area contributed by atoms with Crippen LogP contribution in [0.5, 0.6) is 0 Å². The summed E-state index contributed by atoms with van der Waals surface area (Å²) in [6.45, 7) is 0. The molecule has 0 unspecified atom stereocenters. The molecule has 0 radical (unpaired) electrons. The van der Waals surface area contributed by atoms with Crippen LogP contribution in [0.25, 0.3) is 11.0 Å². The zero-order valence-electron chi connectivity index (χ0n) is 8.36. The predicted molar refractivity (Wildman–Crippen MR) is 62.7 cm³/mol. The molecule has 3 rings (SSSR count). The lowest BCUT2D eigenvalue weighted by Crippen LogP contribution is -2.06. The lowest BCUT2D eigenvalue weighted by Gasteiger charge is -2.09. The highest BCUT2D eigenvalue weighted by molar-refractivity contribution is 9.10. The molecule has 0 spiro atoms. The molecule has 1 aliphatic carbocycles. The molecular weight excluding hydrogens is 254 g/mol. The first kappa shape index (κ1) is 9.33. The molecule has 0 amide bonds. The Hall–Kier alpha value is -0.900. The van der Waals surface area contributed by atoms with Gasteiger partial charge in [0.05, 0.1) is 11.6 Å². The van der Waals surface area contributed by atoms with Crippen LogP contribution in [0.15, 0.2) is 22.7 Å². The quantitative estimate of drug-likeness (QED) is 0.792. The fourth-order valence-electron chi connectivity index (χ4n) is 2.33. The van der Waals surface area contributed by atoms with Crippen LogP contribution >= 0.6 is 15.9 Å². The molecule has 1 heterocycles. The Kier molecular flexibility index (Phi) is 2.24. The van der Waals surface area contributed by atoms with E-state index in [4.69, 9.17) is 0 Å². The molecule has 3 nitrogen and oxygen atoms in total. The van der Waals surface area contributed by atoms with Gasteiger partial charge in [0.2, 0.25) is 0 Å². The van der Waals surface area contributed by atoms with Gasteiger partial charge in [-0.25, -0.2) is 4.68 Å². The number of aromatic nitrogens is 3. The molecule has 4 heteroatoms. The molecule has 1 aromatic heterocycles. The van der Waals surface area contributed by atoms with Gasteiger partial charge in [0.15, 0.2) is 0 Å². The van der Waals surface area contributed by atoms with Gasteiger partial charge in [-0.1, -0.05) is 34.0 Å². The Morgan fingerprint density at radius 2 is 2.07 bits per heavy atom. The summed E-state index contributed by atoms with van der Waals surface area (Å²) < 4.78 is 3.18. The fourth-order valence-corrected chi connectivity index (χ4v) is 2.68. The smallest absolute Gasteiger partial charge is 0.113 e. The standard InChI is InChI=1S/C11H12BrN3/c12-8-5-6-10-11(7-8)15(14-13-10)9-3-1-2-4-9/h5-7,9H,1-4H2. The number of hydrogen-bond acceptors (Lipinski definition) is 2. The van der Waals surface area contributed by atoms with Crippen molar-refractivity contribution < 1.29 is 0 Å². The van der Waals surface area contributed by atoms with Crippen molar-refractivity contribution in [3.8, 4) is 0 Å². The molecule has 0 bridgehead atoms. The minimum absolute atomic E-state index is 0.560. The van der Waals surface area contributed by atoms with E-state index in [1.165, 1.54) is 25.7 Å². The highest BCUT2D eigenvalue weighted by Gasteiger charge is 2.19. The normalized spacial score (nSPS) is 17.7. The molecule has 0 aliphatic heterocycles. The van der Waals surface area contributed by atoms with E-state index in [-0.39, 0.29) is 0 Å². The maximum atomic E-state index is 4.26. The van der Waals surface area contributed by atoms with Crippen molar-refractivity contribution >= 4 is 27.0 Å². The molecule has 1 aromatic carbocycles. The Balaban J connectivity index is 2.13. The monoisotopic (exact) mass is 265 g/mol. The van der Waals surface area contributed by atoms with Crippen LogP contribution in [0.1, 0.15) is 31.7 Å². The lowest BCUT2D eigenvalue weighted by molar-refractivity contribution is 0.467. The van der Waals surface area contributed by atoms with Crippen LogP contribution in [-0.4, -0.2) is 15.0 Å². The van der Waals surface area contributed by atoms with E-state index in [0.717, 1.165) is 15.5 Å². The molecule has 0 N–H and O–H groups in total. The summed E-state index contributed by atoms with van der Waals surface area (Å²) in [6.07, 6.45) is 5.12. The molecule has 2 aromatic rings. The molecule has 0 saturated heterocycles. The summed E-state index contributed by atoms with van der Waals surface area (Å²) in [7, 11) is 0. The van der Waals surface area contributed by atoms with Crippen molar-refractivity contribution in [2.75, 3.05) is 0 Å². The van der Waals surface area contributed by atoms with Gasteiger partial charge in [0, 0.05) is 4.47 Å². The van der Waals surface area contributed by atoms with Gasteiger partial charge in [-0.05, 0) is 31.0 Å². The first-order chi connectivity index (χ1) is 7.34. The first-order valence-corrected chi connectivity index (χ1v) is 6.14. The van der Waals surface area contributed by atoms with Gasteiger partial charge in [-0.2, -0.15) is 0 Å². The summed E-state index contributed by atoms with van der Waals surface area (Å²) in [4.78, 5) is 0. The van der Waals surface area contributed by atoms with Crippen molar-refractivity contribution in [1.29, 1.82) is 0 Å². The second-order valence-corrected chi connectivity index (χ2v) is 5.02. The summed E-state index contributed by atoms with van der Waals surface area (Å²) >= 11 is 3.49. The van der Waals surface area contributed by atoms with Crippen LogP contribution in [0, 0.1) is 0 Å². The molecule has 1 aliphatic rings. The van der Waals surface area contributed by atoms with E-state index < -0.39 is 0 Å². The van der Waals surface area contributed by atoms with Crippen molar-refractivity contribution in [2.24, 2.45) is 0 Å². The minimum atomic E-state index is 0.560. The number of nitrogens with zero attached hydrogens (tertiary/aromatic N) is 3. The van der Waals surface area contributed by atoms with Gasteiger partial charge < -0.3 is 0 Å². The van der Waals surface area contributed by atoms with E-state index in [0.29, 0.717) is 6.04 Å². The van der Waals surface area contributed by atoms with E-state index in [1.807, 2.05) is 12.1 Å². The molecule has 78 valence electrons. The van der Waals surface area contributed by atoms with Crippen LogP contribution in [0.3, 0.4) is 0 Å². The van der Waals surface area contributed by atoms with Gasteiger partial charge >= 0.3 is 0 Å². The van der Waals surface area contributed by atoms with E-state index in [2.05, 4.69) is 37.0 Å². The third-order valence-corrected chi connectivity index (χ3v) is 3.60. The van der Waals surface area contributed by atoms with Crippen molar-refractivity contribution in [2.45, 2.75) is 31.7 Å². The van der Waals surface area contributed by atoms with Crippen LogP contribution in [0.2, 0.25) is 0 Å². The van der Waals surface area contributed by atoms with E-state index >= 15 is 0 Å². The fraction of sp³-hybridized carbons (Fsp3) is 0.455. The SMILES string of the molecule is Brc1ccc2nnn(C3CCCC3)c2c1. The molecule has 1 saturated carbocycles. The van der Waals surface area contributed by atoms with Crippen LogP contribution < -0.4 is 0 Å². The van der Waals surface area contributed by atoms with Gasteiger partial charge in [0.25, 0.3) is 0 Å². The Morgan fingerprint density at radius 1 is 1.27 bits per heavy atom. The Bertz CT molecular complexity index is 486. The highest BCUT2D eigenvalue weighted by Crippen LogP contribution is 2.31. The van der Waals surface area contributed by atoms with E-state index in [9.17, 15) is 0 Å². The topological polar surface area (TPSA) is 30.7 Å². The largest absolute Gasteiger partial charge is 0.242 e. The number of benzene rings is 1.